The quantitative estimate of drug-likeness (QED) is 0.717. The largest absolute Gasteiger partial charge is 0.467 e. The van der Waals surface area contributed by atoms with E-state index in [0.29, 0.717) is 19.4 Å². The average molecular weight is 387 g/mol. The number of amides is 2. The lowest BCUT2D eigenvalue weighted by Crippen LogP contribution is -2.51. The molecule has 1 fully saturated rings. The molecule has 1 heterocycles. The third-order valence-electron chi connectivity index (χ3n) is 4.61. The van der Waals surface area contributed by atoms with Gasteiger partial charge in [0.05, 0.1) is 13.2 Å². The van der Waals surface area contributed by atoms with Crippen molar-refractivity contribution in [2.45, 2.75) is 44.9 Å². The van der Waals surface area contributed by atoms with Crippen LogP contribution >= 0.6 is 0 Å². The fourth-order valence-electron chi connectivity index (χ4n) is 3.09. The van der Waals surface area contributed by atoms with E-state index in [2.05, 4.69) is 5.32 Å². The normalized spacial score (nSPS) is 17.9. The predicted molar refractivity (Wildman–Crippen MR) is 99.7 cm³/mol. The highest BCUT2D eigenvalue weighted by atomic mass is 16.6. The maximum Gasteiger partial charge on any atom is 0.410 e. The molecule has 0 spiro atoms. The van der Waals surface area contributed by atoms with Crippen LogP contribution in [0, 0.1) is 17.2 Å². The van der Waals surface area contributed by atoms with Gasteiger partial charge in [-0.05, 0) is 31.7 Å². The van der Waals surface area contributed by atoms with Crippen LogP contribution in [0.2, 0.25) is 0 Å². The van der Waals surface area contributed by atoms with Crippen LogP contribution in [0.3, 0.4) is 0 Å². The SMILES string of the molecule is COC(=O)[C@@H](C[C@H](C)C#N)NC(=O)[C@H]1CCCN1C(=O)OCc1ccccc1. The predicted octanol–water partition coefficient (Wildman–Crippen LogP) is 2.00. The maximum atomic E-state index is 12.7. The van der Waals surface area contributed by atoms with Gasteiger partial charge in [-0.3, -0.25) is 9.69 Å². The molecule has 3 atom stereocenters. The molecule has 150 valence electrons. The Labute approximate surface area is 164 Å². The van der Waals surface area contributed by atoms with Crippen LogP contribution in [-0.4, -0.2) is 48.6 Å². The second-order valence-electron chi connectivity index (χ2n) is 6.74. The number of esters is 1. The standard InChI is InChI=1S/C20H25N3O5/c1-14(12-21)11-16(19(25)27-2)22-18(24)17-9-6-10-23(17)20(26)28-13-15-7-4-3-5-8-15/h3-5,7-8,14,16-17H,6,9-11,13H2,1-2H3,(H,22,24)/t14-,16+,17+/m0/s1. The maximum absolute atomic E-state index is 12.7. The molecule has 1 aromatic rings. The molecule has 1 aliphatic rings. The zero-order chi connectivity index (χ0) is 20.5. The zero-order valence-corrected chi connectivity index (χ0v) is 16.1. The van der Waals surface area contributed by atoms with Gasteiger partial charge in [0.1, 0.15) is 18.7 Å². The van der Waals surface area contributed by atoms with E-state index in [-0.39, 0.29) is 13.0 Å². The molecule has 0 bridgehead atoms. The summed E-state index contributed by atoms with van der Waals surface area (Å²) in [4.78, 5) is 38.4. The Morgan fingerprint density at radius 1 is 1.32 bits per heavy atom. The molecular weight excluding hydrogens is 362 g/mol. The monoisotopic (exact) mass is 387 g/mol. The first kappa shape index (κ1) is 21.2. The van der Waals surface area contributed by atoms with E-state index in [1.807, 2.05) is 36.4 Å². The number of nitriles is 1. The highest BCUT2D eigenvalue weighted by molar-refractivity contribution is 5.90. The van der Waals surface area contributed by atoms with Crippen LogP contribution in [0.25, 0.3) is 0 Å². The Morgan fingerprint density at radius 2 is 2.04 bits per heavy atom. The molecule has 1 aliphatic heterocycles. The minimum Gasteiger partial charge on any atom is -0.467 e. The number of nitrogens with one attached hydrogen (secondary N) is 1. The third-order valence-corrected chi connectivity index (χ3v) is 4.61. The van der Waals surface area contributed by atoms with Crippen LogP contribution < -0.4 is 5.32 Å². The van der Waals surface area contributed by atoms with Gasteiger partial charge < -0.3 is 14.8 Å². The van der Waals surface area contributed by atoms with Gasteiger partial charge in [0.15, 0.2) is 0 Å². The van der Waals surface area contributed by atoms with Crippen molar-refractivity contribution in [3.05, 3.63) is 35.9 Å². The van der Waals surface area contributed by atoms with Gasteiger partial charge in [-0.15, -0.1) is 0 Å². The first-order valence-corrected chi connectivity index (χ1v) is 9.21. The van der Waals surface area contributed by atoms with Gasteiger partial charge in [0, 0.05) is 12.5 Å². The third kappa shape index (κ3) is 5.71. The number of carbonyl (C=O) groups is 3. The number of ether oxygens (including phenoxy) is 2. The molecule has 1 aromatic carbocycles. The number of rotatable bonds is 7. The summed E-state index contributed by atoms with van der Waals surface area (Å²) in [7, 11) is 1.22. The van der Waals surface area contributed by atoms with Gasteiger partial charge in [-0.2, -0.15) is 5.26 Å². The highest BCUT2D eigenvalue weighted by Gasteiger charge is 2.37. The van der Waals surface area contributed by atoms with Crippen LogP contribution in [0.1, 0.15) is 31.7 Å². The molecule has 28 heavy (non-hydrogen) atoms. The summed E-state index contributed by atoms with van der Waals surface area (Å²) >= 11 is 0. The first-order valence-electron chi connectivity index (χ1n) is 9.21. The molecule has 2 amide bonds. The molecular formula is C20H25N3O5. The van der Waals surface area contributed by atoms with E-state index in [0.717, 1.165) is 5.56 Å². The van der Waals surface area contributed by atoms with Crippen molar-refractivity contribution in [2.75, 3.05) is 13.7 Å². The van der Waals surface area contributed by atoms with E-state index in [9.17, 15) is 14.4 Å². The fourth-order valence-corrected chi connectivity index (χ4v) is 3.09. The Bertz CT molecular complexity index is 731. The van der Waals surface area contributed by atoms with Crippen molar-refractivity contribution in [2.24, 2.45) is 5.92 Å². The lowest BCUT2D eigenvalue weighted by Gasteiger charge is -2.25. The Hall–Kier alpha value is -3.08. The van der Waals surface area contributed by atoms with Gasteiger partial charge >= 0.3 is 12.1 Å². The molecule has 0 saturated carbocycles. The topological polar surface area (TPSA) is 109 Å². The second kappa shape index (κ2) is 10.3. The number of hydrogen-bond acceptors (Lipinski definition) is 6. The Balaban J connectivity index is 1.97. The van der Waals surface area contributed by atoms with Crippen molar-refractivity contribution in [3.8, 4) is 6.07 Å². The lowest BCUT2D eigenvalue weighted by atomic mass is 10.0. The molecule has 0 unspecified atom stereocenters. The van der Waals surface area contributed by atoms with Gasteiger partial charge in [0.2, 0.25) is 5.91 Å². The molecule has 0 aliphatic carbocycles. The van der Waals surface area contributed by atoms with Gasteiger partial charge in [-0.25, -0.2) is 9.59 Å². The molecule has 2 rings (SSSR count). The number of carbonyl (C=O) groups excluding carboxylic acids is 3. The van der Waals surface area contributed by atoms with E-state index < -0.39 is 36.0 Å². The van der Waals surface area contributed by atoms with Crippen molar-refractivity contribution in [3.63, 3.8) is 0 Å². The summed E-state index contributed by atoms with van der Waals surface area (Å²) in [5.41, 5.74) is 0.854. The van der Waals surface area contributed by atoms with Crippen LogP contribution in [0.15, 0.2) is 30.3 Å². The number of methoxy groups -OCH3 is 1. The minimum absolute atomic E-state index is 0.120. The van der Waals surface area contributed by atoms with Crippen molar-refractivity contribution < 1.29 is 23.9 Å². The average Bonchev–Trinajstić information content (AvgIpc) is 3.21. The lowest BCUT2D eigenvalue weighted by molar-refractivity contribution is -0.146. The zero-order valence-electron chi connectivity index (χ0n) is 16.1. The Morgan fingerprint density at radius 3 is 2.68 bits per heavy atom. The number of likely N-dealkylation sites (tertiary alicyclic amines) is 1. The number of nitrogens with zero attached hydrogens (tertiary/aromatic N) is 2. The Kier molecular flexibility index (Phi) is 7.81. The highest BCUT2D eigenvalue weighted by Crippen LogP contribution is 2.20. The number of benzene rings is 1. The van der Waals surface area contributed by atoms with Gasteiger partial charge in [0.25, 0.3) is 0 Å². The molecule has 8 heteroatoms. The first-order chi connectivity index (χ1) is 13.5. The molecule has 8 nitrogen and oxygen atoms in total. The molecule has 0 aromatic heterocycles. The molecule has 1 saturated heterocycles. The van der Waals surface area contributed by atoms with Crippen molar-refractivity contribution in [1.29, 1.82) is 5.26 Å². The van der Waals surface area contributed by atoms with Crippen LogP contribution in [0.4, 0.5) is 4.79 Å². The van der Waals surface area contributed by atoms with Crippen LogP contribution in [0.5, 0.6) is 0 Å². The molecule has 1 N–H and O–H groups in total. The summed E-state index contributed by atoms with van der Waals surface area (Å²) in [5, 5.41) is 11.6. The number of hydrogen-bond donors (Lipinski definition) is 1. The smallest absolute Gasteiger partial charge is 0.410 e. The summed E-state index contributed by atoms with van der Waals surface area (Å²) in [6.45, 7) is 2.18. The van der Waals surface area contributed by atoms with E-state index >= 15 is 0 Å². The summed E-state index contributed by atoms with van der Waals surface area (Å²) in [5.74, 6) is -1.50. The van der Waals surface area contributed by atoms with E-state index in [1.165, 1.54) is 12.0 Å². The summed E-state index contributed by atoms with van der Waals surface area (Å²) in [6.07, 6.45) is 0.714. The minimum atomic E-state index is -0.935. The van der Waals surface area contributed by atoms with Crippen molar-refractivity contribution in [1.82, 2.24) is 10.2 Å². The summed E-state index contributed by atoms with van der Waals surface area (Å²) < 4.78 is 10.0. The van der Waals surface area contributed by atoms with E-state index in [4.69, 9.17) is 14.7 Å². The van der Waals surface area contributed by atoms with Gasteiger partial charge in [-0.1, -0.05) is 30.3 Å². The van der Waals surface area contributed by atoms with Crippen molar-refractivity contribution >= 4 is 18.0 Å². The second-order valence-corrected chi connectivity index (χ2v) is 6.74. The molecule has 0 radical (unpaired) electrons. The fraction of sp³-hybridized carbons (Fsp3) is 0.500. The summed E-state index contributed by atoms with van der Waals surface area (Å²) in [6, 6.07) is 9.65. The van der Waals surface area contributed by atoms with E-state index in [1.54, 1.807) is 6.92 Å². The van der Waals surface area contributed by atoms with Crippen LogP contribution in [-0.2, 0) is 25.7 Å².